The standard InChI is InChI=1S/C11H13FO/c1-8-3-4-9-10(7-8)13-6-5-11(9,2)12/h3-4,7H,5-6H2,1-2H3. The number of rotatable bonds is 0. The van der Waals surface area contributed by atoms with Crippen LogP contribution in [0, 0.1) is 6.92 Å². The number of hydrogen-bond acceptors (Lipinski definition) is 1. The normalized spacial score (nSPS) is 26.4. The van der Waals surface area contributed by atoms with E-state index in [4.69, 9.17) is 4.74 Å². The van der Waals surface area contributed by atoms with Crippen LogP contribution in [0.15, 0.2) is 18.2 Å². The molecule has 0 radical (unpaired) electrons. The molecule has 0 saturated heterocycles. The minimum atomic E-state index is -1.22. The summed E-state index contributed by atoms with van der Waals surface area (Å²) in [5, 5.41) is 0. The molecule has 0 N–H and O–H groups in total. The van der Waals surface area contributed by atoms with Crippen molar-refractivity contribution in [1.82, 2.24) is 0 Å². The fourth-order valence-electron chi connectivity index (χ4n) is 1.67. The van der Waals surface area contributed by atoms with E-state index in [1.807, 2.05) is 25.1 Å². The molecule has 1 aliphatic rings. The average Bonchev–Trinajstić information content (AvgIpc) is 2.02. The molecule has 1 atom stereocenters. The van der Waals surface area contributed by atoms with Gasteiger partial charge >= 0.3 is 0 Å². The van der Waals surface area contributed by atoms with Crippen LogP contribution in [0.4, 0.5) is 4.39 Å². The second-order valence-electron chi connectivity index (χ2n) is 3.80. The van der Waals surface area contributed by atoms with Crippen molar-refractivity contribution in [2.75, 3.05) is 6.61 Å². The minimum Gasteiger partial charge on any atom is -0.493 e. The number of ether oxygens (including phenoxy) is 1. The fraction of sp³-hybridized carbons (Fsp3) is 0.455. The quantitative estimate of drug-likeness (QED) is 0.596. The maximum Gasteiger partial charge on any atom is 0.140 e. The Morgan fingerprint density at radius 1 is 1.46 bits per heavy atom. The molecule has 13 heavy (non-hydrogen) atoms. The van der Waals surface area contributed by atoms with Gasteiger partial charge in [-0.05, 0) is 25.5 Å². The van der Waals surface area contributed by atoms with Crippen molar-refractivity contribution in [3.05, 3.63) is 29.3 Å². The van der Waals surface area contributed by atoms with E-state index < -0.39 is 5.67 Å². The van der Waals surface area contributed by atoms with Crippen molar-refractivity contribution < 1.29 is 9.13 Å². The Labute approximate surface area is 77.5 Å². The molecule has 0 spiro atoms. The molecule has 2 heteroatoms. The third-order valence-electron chi connectivity index (χ3n) is 2.53. The largest absolute Gasteiger partial charge is 0.493 e. The lowest BCUT2D eigenvalue weighted by Crippen LogP contribution is -2.25. The number of aryl methyl sites for hydroxylation is 1. The van der Waals surface area contributed by atoms with Crippen molar-refractivity contribution in [1.29, 1.82) is 0 Å². The monoisotopic (exact) mass is 180 g/mol. The summed E-state index contributed by atoms with van der Waals surface area (Å²) in [4.78, 5) is 0. The molecule has 70 valence electrons. The summed E-state index contributed by atoms with van der Waals surface area (Å²) in [5.74, 6) is 0.705. The van der Waals surface area contributed by atoms with Crippen molar-refractivity contribution in [2.24, 2.45) is 0 Å². The van der Waals surface area contributed by atoms with Crippen molar-refractivity contribution in [3.8, 4) is 5.75 Å². The number of fused-ring (bicyclic) bond motifs is 1. The van der Waals surface area contributed by atoms with Gasteiger partial charge in [-0.25, -0.2) is 4.39 Å². The van der Waals surface area contributed by atoms with Crippen molar-refractivity contribution >= 4 is 0 Å². The van der Waals surface area contributed by atoms with Gasteiger partial charge in [-0.1, -0.05) is 12.1 Å². The molecule has 0 aliphatic carbocycles. The van der Waals surface area contributed by atoms with Crippen LogP contribution >= 0.6 is 0 Å². The van der Waals surface area contributed by atoms with E-state index in [1.54, 1.807) is 6.92 Å². The Kier molecular flexibility index (Phi) is 1.79. The molecule has 1 unspecified atom stereocenters. The molecule has 1 aromatic carbocycles. The molecule has 1 nitrogen and oxygen atoms in total. The number of benzene rings is 1. The van der Waals surface area contributed by atoms with Gasteiger partial charge in [0.25, 0.3) is 0 Å². The molecule has 0 saturated carbocycles. The maximum absolute atomic E-state index is 13.9. The van der Waals surface area contributed by atoms with Crippen molar-refractivity contribution in [3.63, 3.8) is 0 Å². The Morgan fingerprint density at radius 3 is 3.00 bits per heavy atom. The van der Waals surface area contributed by atoms with Gasteiger partial charge in [0, 0.05) is 12.0 Å². The second kappa shape index (κ2) is 2.72. The summed E-state index contributed by atoms with van der Waals surface area (Å²) < 4.78 is 19.3. The zero-order chi connectivity index (χ0) is 9.47. The predicted molar refractivity (Wildman–Crippen MR) is 49.8 cm³/mol. The number of alkyl halides is 1. The Bertz CT molecular complexity index is 331. The third-order valence-corrected chi connectivity index (χ3v) is 2.53. The fourth-order valence-corrected chi connectivity index (χ4v) is 1.67. The zero-order valence-corrected chi connectivity index (χ0v) is 7.93. The summed E-state index contributed by atoms with van der Waals surface area (Å²) in [6.07, 6.45) is 0.447. The smallest absolute Gasteiger partial charge is 0.140 e. The first-order chi connectivity index (χ1) is 6.09. The maximum atomic E-state index is 13.9. The molecular weight excluding hydrogens is 167 g/mol. The van der Waals surface area contributed by atoms with Crippen LogP contribution in [0.3, 0.4) is 0 Å². The van der Waals surface area contributed by atoms with Crippen LogP contribution in [0.2, 0.25) is 0 Å². The van der Waals surface area contributed by atoms with Crippen LogP contribution in [-0.2, 0) is 5.67 Å². The molecule has 0 aromatic heterocycles. The first kappa shape index (κ1) is 8.54. The highest BCUT2D eigenvalue weighted by molar-refractivity contribution is 5.42. The molecule has 1 aliphatic heterocycles. The highest BCUT2D eigenvalue weighted by Crippen LogP contribution is 2.39. The van der Waals surface area contributed by atoms with Crippen LogP contribution in [-0.4, -0.2) is 6.61 Å². The summed E-state index contributed by atoms with van der Waals surface area (Å²) in [6.45, 7) is 4.07. The minimum absolute atomic E-state index is 0.447. The predicted octanol–water partition coefficient (Wildman–Crippen LogP) is 2.96. The highest BCUT2D eigenvalue weighted by Gasteiger charge is 2.32. The second-order valence-corrected chi connectivity index (χ2v) is 3.80. The van der Waals surface area contributed by atoms with E-state index in [0.717, 1.165) is 5.56 Å². The first-order valence-electron chi connectivity index (χ1n) is 4.52. The Hall–Kier alpha value is -1.05. The van der Waals surface area contributed by atoms with Crippen LogP contribution in [0.25, 0.3) is 0 Å². The average molecular weight is 180 g/mol. The molecular formula is C11H13FO. The van der Waals surface area contributed by atoms with Gasteiger partial charge in [-0.15, -0.1) is 0 Å². The first-order valence-corrected chi connectivity index (χ1v) is 4.52. The van der Waals surface area contributed by atoms with E-state index in [9.17, 15) is 4.39 Å². The van der Waals surface area contributed by atoms with Gasteiger partial charge in [-0.2, -0.15) is 0 Å². The molecule has 2 rings (SSSR count). The molecule has 1 heterocycles. The van der Waals surface area contributed by atoms with Gasteiger partial charge in [0.2, 0.25) is 0 Å². The highest BCUT2D eigenvalue weighted by atomic mass is 19.1. The molecule has 1 aromatic rings. The SMILES string of the molecule is Cc1ccc2c(c1)OCCC2(C)F. The summed E-state index contributed by atoms with van der Waals surface area (Å²) >= 11 is 0. The Morgan fingerprint density at radius 2 is 2.23 bits per heavy atom. The van der Waals surface area contributed by atoms with E-state index in [-0.39, 0.29) is 0 Å². The molecule has 0 fully saturated rings. The topological polar surface area (TPSA) is 9.23 Å². The zero-order valence-electron chi connectivity index (χ0n) is 7.93. The van der Waals surface area contributed by atoms with E-state index in [0.29, 0.717) is 24.3 Å². The summed E-state index contributed by atoms with van der Waals surface area (Å²) in [7, 11) is 0. The van der Waals surface area contributed by atoms with Gasteiger partial charge < -0.3 is 4.74 Å². The van der Waals surface area contributed by atoms with E-state index in [2.05, 4.69) is 0 Å². The molecule has 0 bridgehead atoms. The number of hydrogen-bond donors (Lipinski definition) is 0. The summed E-state index contributed by atoms with van der Waals surface area (Å²) in [6, 6.07) is 5.64. The number of halogens is 1. The van der Waals surface area contributed by atoms with Crippen LogP contribution in [0.1, 0.15) is 24.5 Å². The Balaban J connectivity index is 2.53. The van der Waals surface area contributed by atoms with Gasteiger partial charge in [0.05, 0.1) is 6.61 Å². The van der Waals surface area contributed by atoms with Gasteiger partial charge in [0.15, 0.2) is 0 Å². The van der Waals surface area contributed by atoms with Crippen LogP contribution < -0.4 is 4.74 Å². The summed E-state index contributed by atoms with van der Waals surface area (Å²) in [5.41, 5.74) is 0.571. The third kappa shape index (κ3) is 1.41. The lowest BCUT2D eigenvalue weighted by Gasteiger charge is -2.28. The van der Waals surface area contributed by atoms with Crippen LogP contribution in [0.5, 0.6) is 5.75 Å². The van der Waals surface area contributed by atoms with Crippen molar-refractivity contribution in [2.45, 2.75) is 25.9 Å². The van der Waals surface area contributed by atoms with E-state index in [1.165, 1.54) is 0 Å². The van der Waals surface area contributed by atoms with Gasteiger partial charge in [0.1, 0.15) is 11.4 Å². The lowest BCUT2D eigenvalue weighted by molar-refractivity contribution is 0.110. The molecule has 0 amide bonds. The van der Waals surface area contributed by atoms with Gasteiger partial charge in [-0.3, -0.25) is 0 Å². The lowest BCUT2D eigenvalue weighted by atomic mass is 9.91. The van der Waals surface area contributed by atoms with E-state index >= 15 is 0 Å².